The van der Waals surface area contributed by atoms with Gasteiger partial charge in [0.15, 0.2) is 11.5 Å². The first-order valence-corrected chi connectivity index (χ1v) is 5.17. The van der Waals surface area contributed by atoms with Crippen LogP contribution in [-0.2, 0) is 4.79 Å². The Morgan fingerprint density at radius 1 is 1.69 bits per heavy atom. The molecule has 5 nitrogen and oxygen atoms in total. The number of aliphatic carboxylic acids is 1. The Bertz CT molecular complexity index is 538. The minimum absolute atomic E-state index is 0.0185. The maximum absolute atomic E-state index is 10.6. The zero-order valence-electron chi connectivity index (χ0n) is 8.59. The number of rotatable bonds is 3. The van der Waals surface area contributed by atoms with Crippen LogP contribution in [0.1, 0.15) is 25.1 Å². The summed E-state index contributed by atoms with van der Waals surface area (Å²) in [7, 11) is 0. The number of nitrogens with zero attached hydrogens (tertiary/aromatic N) is 3. The topological polar surface area (TPSA) is 67.5 Å². The molecule has 0 aliphatic heterocycles. The number of hydrogen-bond acceptors (Lipinski definition) is 3. The fourth-order valence-corrected chi connectivity index (χ4v) is 1.59. The molecule has 0 radical (unpaired) electrons. The average molecular weight is 240 g/mol. The fourth-order valence-electron chi connectivity index (χ4n) is 1.44. The van der Waals surface area contributed by atoms with Crippen molar-refractivity contribution in [2.75, 3.05) is 0 Å². The van der Waals surface area contributed by atoms with Crippen molar-refractivity contribution in [3.05, 3.63) is 29.2 Å². The number of hydrogen-bond donors (Lipinski definition) is 1. The van der Waals surface area contributed by atoms with Crippen LogP contribution >= 0.6 is 11.6 Å². The summed E-state index contributed by atoms with van der Waals surface area (Å²) in [5.41, 5.74) is 0.625. The van der Waals surface area contributed by atoms with E-state index < -0.39 is 5.97 Å². The van der Waals surface area contributed by atoms with Gasteiger partial charge in [-0.05, 0) is 6.07 Å². The van der Waals surface area contributed by atoms with E-state index in [9.17, 15) is 4.79 Å². The smallest absolute Gasteiger partial charge is 0.304 e. The second kappa shape index (κ2) is 4.09. The number of fused-ring (bicyclic) bond motifs is 1. The number of carboxylic acids is 1. The Labute approximate surface area is 96.7 Å². The van der Waals surface area contributed by atoms with E-state index in [1.807, 2.05) is 0 Å². The first kappa shape index (κ1) is 10.9. The minimum atomic E-state index is -0.857. The van der Waals surface area contributed by atoms with Gasteiger partial charge in [-0.25, -0.2) is 9.50 Å². The molecule has 0 aromatic carbocycles. The van der Waals surface area contributed by atoms with E-state index in [2.05, 4.69) is 10.1 Å². The molecule has 16 heavy (non-hydrogen) atoms. The largest absolute Gasteiger partial charge is 0.481 e. The van der Waals surface area contributed by atoms with Gasteiger partial charge in [-0.1, -0.05) is 18.5 Å². The highest BCUT2D eigenvalue weighted by Gasteiger charge is 2.15. The molecular formula is C10H10ClN3O2. The van der Waals surface area contributed by atoms with Gasteiger partial charge < -0.3 is 5.11 Å². The van der Waals surface area contributed by atoms with Gasteiger partial charge in [0, 0.05) is 23.2 Å². The lowest BCUT2D eigenvalue weighted by molar-refractivity contribution is -0.137. The molecule has 6 heteroatoms. The first-order valence-electron chi connectivity index (χ1n) is 4.80. The standard InChI is InChI=1S/C10H10ClN3O2/c1-6(4-9(15)16)10-12-8-5-7(11)2-3-14(8)13-10/h2-3,5-6H,4H2,1H3,(H,15,16). The van der Waals surface area contributed by atoms with Crippen molar-refractivity contribution in [2.24, 2.45) is 0 Å². The number of carbonyl (C=O) groups is 1. The Morgan fingerprint density at radius 3 is 3.12 bits per heavy atom. The molecule has 0 aliphatic rings. The molecule has 0 spiro atoms. The van der Waals surface area contributed by atoms with E-state index >= 15 is 0 Å². The SMILES string of the molecule is CC(CC(=O)O)c1nc2cc(Cl)ccn2n1. The van der Waals surface area contributed by atoms with E-state index in [0.717, 1.165) is 0 Å². The molecule has 2 aromatic heterocycles. The van der Waals surface area contributed by atoms with E-state index in [1.54, 1.807) is 29.8 Å². The predicted molar refractivity (Wildman–Crippen MR) is 58.7 cm³/mol. The van der Waals surface area contributed by atoms with Crippen molar-refractivity contribution in [3.63, 3.8) is 0 Å². The molecule has 2 heterocycles. The van der Waals surface area contributed by atoms with Crippen LogP contribution in [0.15, 0.2) is 18.3 Å². The quantitative estimate of drug-likeness (QED) is 0.889. The van der Waals surface area contributed by atoms with Crippen molar-refractivity contribution >= 4 is 23.2 Å². The number of aromatic nitrogens is 3. The third-order valence-corrected chi connectivity index (χ3v) is 2.47. The average Bonchev–Trinajstić information content (AvgIpc) is 2.59. The third kappa shape index (κ3) is 2.14. The van der Waals surface area contributed by atoms with Crippen LogP contribution in [0, 0.1) is 0 Å². The summed E-state index contributed by atoms with van der Waals surface area (Å²) in [6, 6.07) is 3.39. The van der Waals surface area contributed by atoms with Crippen molar-refractivity contribution in [2.45, 2.75) is 19.3 Å². The van der Waals surface area contributed by atoms with Crippen LogP contribution in [0.25, 0.3) is 5.65 Å². The van der Waals surface area contributed by atoms with E-state index in [-0.39, 0.29) is 12.3 Å². The first-order chi connectivity index (χ1) is 7.56. The summed E-state index contributed by atoms with van der Waals surface area (Å²) in [5.74, 6) is -0.551. The van der Waals surface area contributed by atoms with Crippen molar-refractivity contribution in [3.8, 4) is 0 Å². The second-order valence-electron chi connectivity index (χ2n) is 3.62. The molecule has 0 saturated heterocycles. The van der Waals surface area contributed by atoms with Gasteiger partial charge in [0.25, 0.3) is 0 Å². The molecule has 2 aromatic rings. The Hall–Kier alpha value is -1.62. The molecule has 0 bridgehead atoms. The zero-order valence-corrected chi connectivity index (χ0v) is 9.35. The highest BCUT2D eigenvalue weighted by Crippen LogP contribution is 2.17. The van der Waals surface area contributed by atoms with Crippen molar-refractivity contribution in [1.82, 2.24) is 14.6 Å². The van der Waals surface area contributed by atoms with E-state index in [4.69, 9.17) is 16.7 Å². The Kier molecular flexibility index (Phi) is 2.78. The summed E-state index contributed by atoms with van der Waals surface area (Å²) in [6.45, 7) is 1.78. The van der Waals surface area contributed by atoms with Gasteiger partial charge in [0.1, 0.15) is 0 Å². The summed E-state index contributed by atoms with van der Waals surface area (Å²) in [5, 5.41) is 13.5. The number of carboxylic acid groups (broad SMARTS) is 1. The molecule has 0 amide bonds. The molecule has 1 atom stereocenters. The van der Waals surface area contributed by atoms with Crippen LogP contribution in [0.2, 0.25) is 5.02 Å². The molecule has 0 fully saturated rings. The summed E-state index contributed by atoms with van der Waals surface area (Å²) >= 11 is 5.82. The van der Waals surface area contributed by atoms with Crippen molar-refractivity contribution < 1.29 is 9.90 Å². The van der Waals surface area contributed by atoms with Gasteiger partial charge in [-0.2, -0.15) is 5.10 Å². The van der Waals surface area contributed by atoms with Gasteiger partial charge in [0.05, 0.1) is 6.42 Å². The zero-order chi connectivity index (χ0) is 11.7. The molecular weight excluding hydrogens is 230 g/mol. The monoisotopic (exact) mass is 239 g/mol. The third-order valence-electron chi connectivity index (χ3n) is 2.24. The van der Waals surface area contributed by atoms with Gasteiger partial charge in [-0.3, -0.25) is 4.79 Å². The summed E-state index contributed by atoms with van der Waals surface area (Å²) in [4.78, 5) is 14.8. The van der Waals surface area contributed by atoms with Gasteiger partial charge in [0.2, 0.25) is 0 Å². The molecule has 84 valence electrons. The van der Waals surface area contributed by atoms with E-state index in [1.165, 1.54) is 0 Å². The lowest BCUT2D eigenvalue weighted by Crippen LogP contribution is -2.04. The molecule has 0 aliphatic carbocycles. The van der Waals surface area contributed by atoms with Crippen LogP contribution in [0.5, 0.6) is 0 Å². The molecule has 0 saturated carbocycles. The van der Waals surface area contributed by atoms with Crippen molar-refractivity contribution in [1.29, 1.82) is 0 Å². The van der Waals surface area contributed by atoms with Crippen LogP contribution < -0.4 is 0 Å². The van der Waals surface area contributed by atoms with Gasteiger partial charge in [-0.15, -0.1) is 0 Å². The van der Waals surface area contributed by atoms with Crippen LogP contribution in [0.4, 0.5) is 0 Å². The predicted octanol–water partition coefficient (Wildman–Crippen LogP) is 1.96. The molecule has 1 N–H and O–H groups in total. The van der Waals surface area contributed by atoms with Crippen LogP contribution in [0.3, 0.4) is 0 Å². The highest BCUT2D eigenvalue weighted by molar-refractivity contribution is 6.30. The lowest BCUT2D eigenvalue weighted by Gasteiger charge is -2.01. The fraction of sp³-hybridized carbons (Fsp3) is 0.300. The Balaban J connectivity index is 2.35. The second-order valence-corrected chi connectivity index (χ2v) is 4.05. The highest BCUT2D eigenvalue weighted by atomic mass is 35.5. The summed E-state index contributed by atoms with van der Waals surface area (Å²) < 4.78 is 1.58. The lowest BCUT2D eigenvalue weighted by atomic mass is 10.1. The van der Waals surface area contributed by atoms with E-state index in [0.29, 0.717) is 16.5 Å². The molecule has 1 unspecified atom stereocenters. The normalized spacial score (nSPS) is 12.9. The minimum Gasteiger partial charge on any atom is -0.481 e. The maximum atomic E-state index is 10.6. The van der Waals surface area contributed by atoms with Crippen LogP contribution in [-0.4, -0.2) is 25.7 Å². The molecule has 2 rings (SSSR count). The summed E-state index contributed by atoms with van der Waals surface area (Å²) in [6.07, 6.45) is 1.71. The maximum Gasteiger partial charge on any atom is 0.304 e. The van der Waals surface area contributed by atoms with Gasteiger partial charge >= 0.3 is 5.97 Å². The Morgan fingerprint density at radius 2 is 2.44 bits per heavy atom. The number of halogens is 1. The number of pyridine rings is 1.